The number of pyridine rings is 2. The van der Waals surface area contributed by atoms with Gasteiger partial charge in [0.2, 0.25) is 5.91 Å². The van der Waals surface area contributed by atoms with E-state index in [9.17, 15) is 14.0 Å². The highest BCUT2D eigenvalue weighted by Crippen LogP contribution is 2.29. The molecule has 1 atom stereocenters. The second-order valence-corrected chi connectivity index (χ2v) is 10.6. The van der Waals surface area contributed by atoms with Crippen LogP contribution in [0.25, 0.3) is 11.3 Å². The summed E-state index contributed by atoms with van der Waals surface area (Å²) in [5.74, 6) is 0.0245. The van der Waals surface area contributed by atoms with Crippen LogP contribution >= 0.6 is 11.6 Å². The topological polar surface area (TPSA) is 96.5 Å². The van der Waals surface area contributed by atoms with Crippen molar-refractivity contribution >= 4 is 35.2 Å². The summed E-state index contributed by atoms with van der Waals surface area (Å²) < 4.78 is 18.9. The molecule has 0 bridgehead atoms. The number of nitrogens with zero attached hydrogens (tertiary/aromatic N) is 3. The van der Waals surface area contributed by atoms with Crippen molar-refractivity contribution in [2.24, 2.45) is 5.92 Å². The van der Waals surface area contributed by atoms with Gasteiger partial charge in [-0.25, -0.2) is 19.2 Å². The van der Waals surface area contributed by atoms with Gasteiger partial charge in [-0.1, -0.05) is 29.8 Å². The van der Waals surface area contributed by atoms with Crippen LogP contribution in [0.5, 0.6) is 0 Å². The number of aromatic nitrogens is 2. The summed E-state index contributed by atoms with van der Waals surface area (Å²) in [4.78, 5) is 36.0. The molecule has 38 heavy (non-hydrogen) atoms. The summed E-state index contributed by atoms with van der Waals surface area (Å²) in [7, 11) is 0. The van der Waals surface area contributed by atoms with E-state index >= 15 is 0 Å². The van der Waals surface area contributed by atoms with Crippen molar-refractivity contribution < 1.29 is 18.7 Å². The molecular weight excluding hydrogens is 509 g/mol. The van der Waals surface area contributed by atoms with E-state index in [1.54, 1.807) is 29.2 Å². The highest BCUT2D eigenvalue weighted by Gasteiger charge is 2.31. The first kappa shape index (κ1) is 27.3. The first-order valence-electron chi connectivity index (χ1n) is 12.5. The molecule has 8 nitrogen and oxygen atoms in total. The Morgan fingerprint density at radius 2 is 1.95 bits per heavy atom. The maximum absolute atomic E-state index is 13.5. The van der Waals surface area contributed by atoms with Crippen LogP contribution in [0.4, 0.5) is 20.8 Å². The number of carbonyl (C=O) groups excluding carboxylic acids is 2. The van der Waals surface area contributed by atoms with Crippen LogP contribution < -0.4 is 10.6 Å². The molecule has 0 unspecified atom stereocenters. The number of anilines is 2. The van der Waals surface area contributed by atoms with Gasteiger partial charge in [-0.3, -0.25) is 4.79 Å². The zero-order valence-corrected chi connectivity index (χ0v) is 22.4. The van der Waals surface area contributed by atoms with Gasteiger partial charge < -0.3 is 20.3 Å². The van der Waals surface area contributed by atoms with Crippen molar-refractivity contribution in [1.29, 1.82) is 0 Å². The first-order chi connectivity index (χ1) is 18.1. The quantitative estimate of drug-likeness (QED) is 0.391. The van der Waals surface area contributed by atoms with E-state index in [2.05, 4.69) is 20.6 Å². The van der Waals surface area contributed by atoms with Crippen molar-refractivity contribution in [2.45, 2.75) is 45.8 Å². The number of likely N-dealkylation sites (tertiary alicyclic amines) is 1. The van der Waals surface area contributed by atoms with Crippen LogP contribution in [0.2, 0.25) is 5.02 Å². The number of carbonyl (C=O) groups is 2. The van der Waals surface area contributed by atoms with E-state index in [-0.39, 0.29) is 24.2 Å². The van der Waals surface area contributed by atoms with Gasteiger partial charge in [0, 0.05) is 31.4 Å². The number of halogens is 2. The zero-order valence-electron chi connectivity index (χ0n) is 21.6. The number of hydrogen-bond acceptors (Lipinski definition) is 6. The molecule has 2 amide bonds. The summed E-state index contributed by atoms with van der Waals surface area (Å²) in [5.41, 5.74) is 1.38. The number of ether oxygens (including phenoxy) is 1. The van der Waals surface area contributed by atoms with E-state index in [1.807, 2.05) is 32.9 Å². The maximum Gasteiger partial charge on any atom is 0.410 e. The third kappa shape index (κ3) is 7.41. The molecule has 3 aromatic rings. The normalized spacial score (nSPS) is 15.6. The lowest BCUT2D eigenvalue weighted by molar-refractivity contribution is -0.121. The van der Waals surface area contributed by atoms with E-state index in [1.165, 1.54) is 18.3 Å². The summed E-state index contributed by atoms with van der Waals surface area (Å²) in [5, 5.41) is 6.42. The van der Waals surface area contributed by atoms with E-state index in [0.717, 1.165) is 5.56 Å². The standard InChI is InChI=1S/C28H31ClFN5O3/c1-28(2,3)38-27(37)35-12-6-8-19(17-35)26(36)34-25-14-21(22(29)16-32-25)23-10-5-11-24(33-23)31-15-18-7-4-9-20(30)13-18/h4-5,7,9-11,13-14,16,19H,6,8,12,15,17H2,1-3H3,(H,31,33)(H,32,34,36)/t19-/m1/s1. The Hall–Kier alpha value is -3.72. The molecule has 2 aromatic heterocycles. The average molecular weight is 540 g/mol. The van der Waals surface area contributed by atoms with Crippen LogP contribution in [0.15, 0.2) is 54.7 Å². The predicted molar refractivity (Wildman–Crippen MR) is 145 cm³/mol. The van der Waals surface area contributed by atoms with Crippen LogP contribution in [0.3, 0.4) is 0 Å². The van der Waals surface area contributed by atoms with Crippen molar-refractivity contribution in [1.82, 2.24) is 14.9 Å². The Balaban J connectivity index is 1.43. The molecule has 3 heterocycles. The SMILES string of the molecule is CC(C)(C)OC(=O)N1CCC[C@@H](C(=O)Nc2cc(-c3cccc(NCc4cccc(F)c4)n3)c(Cl)cn2)C1. The molecule has 1 aliphatic rings. The molecule has 4 rings (SSSR count). The van der Waals surface area contributed by atoms with Gasteiger partial charge in [-0.05, 0) is 69.5 Å². The van der Waals surface area contributed by atoms with E-state index in [4.69, 9.17) is 16.3 Å². The number of benzene rings is 1. The monoisotopic (exact) mass is 539 g/mol. The van der Waals surface area contributed by atoms with Gasteiger partial charge in [0.05, 0.1) is 16.6 Å². The van der Waals surface area contributed by atoms with Gasteiger partial charge in [0.15, 0.2) is 0 Å². The minimum absolute atomic E-state index is 0.225. The van der Waals surface area contributed by atoms with Crippen LogP contribution in [0, 0.1) is 11.7 Å². The lowest BCUT2D eigenvalue weighted by atomic mass is 9.97. The Kier molecular flexibility index (Phi) is 8.46. The molecule has 0 radical (unpaired) electrons. The molecule has 1 fully saturated rings. The minimum Gasteiger partial charge on any atom is -0.444 e. The number of rotatable bonds is 6. The zero-order chi connectivity index (χ0) is 27.3. The molecule has 1 aliphatic heterocycles. The lowest BCUT2D eigenvalue weighted by Gasteiger charge is -2.33. The maximum atomic E-state index is 13.5. The van der Waals surface area contributed by atoms with Crippen molar-refractivity contribution in [3.8, 4) is 11.3 Å². The van der Waals surface area contributed by atoms with Gasteiger partial charge in [-0.15, -0.1) is 0 Å². The fraction of sp³-hybridized carbons (Fsp3) is 0.357. The minimum atomic E-state index is -0.601. The van der Waals surface area contributed by atoms with Crippen LogP contribution in [0.1, 0.15) is 39.2 Å². The Labute approximate surface area is 226 Å². The number of hydrogen-bond donors (Lipinski definition) is 2. The highest BCUT2D eigenvalue weighted by atomic mass is 35.5. The van der Waals surface area contributed by atoms with Gasteiger partial charge in [-0.2, -0.15) is 0 Å². The smallest absolute Gasteiger partial charge is 0.410 e. The van der Waals surface area contributed by atoms with Crippen molar-refractivity contribution in [3.05, 3.63) is 71.1 Å². The van der Waals surface area contributed by atoms with Gasteiger partial charge in [0.25, 0.3) is 0 Å². The summed E-state index contributed by atoms with van der Waals surface area (Å²) in [6, 6.07) is 13.5. The molecular formula is C28H31ClFN5O3. The summed E-state index contributed by atoms with van der Waals surface area (Å²) >= 11 is 6.43. The Morgan fingerprint density at radius 1 is 1.16 bits per heavy atom. The fourth-order valence-electron chi connectivity index (χ4n) is 4.14. The van der Waals surface area contributed by atoms with Crippen LogP contribution in [-0.2, 0) is 16.1 Å². The molecule has 0 aliphatic carbocycles. The van der Waals surface area contributed by atoms with Gasteiger partial charge in [0.1, 0.15) is 23.1 Å². The van der Waals surface area contributed by atoms with Gasteiger partial charge >= 0.3 is 6.09 Å². The second kappa shape index (κ2) is 11.8. The molecule has 2 N–H and O–H groups in total. The van der Waals surface area contributed by atoms with Crippen molar-refractivity contribution in [2.75, 3.05) is 23.7 Å². The van der Waals surface area contributed by atoms with Crippen molar-refractivity contribution in [3.63, 3.8) is 0 Å². The van der Waals surface area contributed by atoms with E-state index in [0.29, 0.717) is 53.8 Å². The molecule has 10 heteroatoms. The summed E-state index contributed by atoms with van der Waals surface area (Å²) in [6.07, 6.45) is 2.41. The lowest BCUT2D eigenvalue weighted by Crippen LogP contribution is -2.45. The Morgan fingerprint density at radius 3 is 2.71 bits per heavy atom. The highest BCUT2D eigenvalue weighted by molar-refractivity contribution is 6.33. The average Bonchev–Trinajstić information content (AvgIpc) is 2.88. The molecule has 1 saturated heterocycles. The van der Waals surface area contributed by atoms with Crippen LogP contribution in [-0.4, -0.2) is 45.6 Å². The molecule has 200 valence electrons. The number of piperidine rings is 1. The fourth-order valence-corrected chi connectivity index (χ4v) is 4.34. The number of amides is 2. The predicted octanol–water partition coefficient (Wildman–Crippen LogP) is 6.13. The molecule has 1 aromatic carbocycles. The molecule has 0 spiro atoms. The molecule has 0 saturated carbocycles. The number of nitrogens with one attached hydrogen (secondary N) is 2. The third-order valence-electron chi connectivity index (χ3n) is 5.94. The third-order valence-corrected chi connectivity index (χ3v) is 6.24. The van der Waals surface area contributed by atoms with E-state index < -0.39 is 11.7 Å². The first-order valence-corrected chi connectivity index (χ1v) is 12.9. The largest absolute Gasteiger partial charge is 0.444 e. The second-order valence-electron chi connectivity index (χ2n) is 10.2. The summed E-state index contributed by atoms with van der Waals surface area (Å²) in [6.45, 7) is 6.68. The Bertz CT molecular complexity index is 1310.